The van der Waals surface area contributed by atoms with Crippen molar-refractivity contribution < 1.29 is 36.3 Å². The lowest BCUT2D eigenvalue weighted by Crippen LogP contribution is -2.44. The van der Waals surface area contributed by atoms with Crippen molar-refractivity contribution in [2.24, 2.45) is 0 Å². The average Bonchev–Trinajstić information content (AvgIpc) is 3.20. The quantitative estimate of drug-likeness (QED) is 0.236. The van der Waals surface area contributed by atoms with Crippen molar-refractivity contribution in [1.82, 2.24) is 9.96 Å². The third-order valence-electron chi connectivity index (χ3n) is 3.93. The number of hydroxylamine groups is 2. The number of rotatable bonds is 1. The van der Waals surface area contributed by atoms with Crippen LogP contribution < -0.4 is 0 Å². The van der Waals surface area contributed by atoms with Gasteiger partial charge in [-0.2, -0.15) is 0 Å². The van der Waals surface area contributed by atoms with Crippen LogP contribution in [0.25, 0.3) is 0 Å². The Labute approximate surface area is 137 Å². The summed E-state index contributed by atoms with van der Waals surface area (Å²) in [7, 11) is -6.00. The van der Waals surface area contributed by atoms with Gasteiger partial charge in [0, 0.05) is 12.8 Å². The maximum atomic E-state index is 11.7. The van der Waals surface area contributed by atoms with Gasteiger partial charge in [-0.15, -0.1) is 0 Å². The fourth-order valence-corrected chi connectivity index (χ4v) is 2.87. The Balaban J connectivity index is 0.000000368. The standard InChI is InChI=1S/C13H20N3O3.BF4/c17-11-5-6-12(18)16(11)19-13(14-7-1-2-8-14)15-9-3-4-10-15;2-1(3,4)5/h1-10H2;/q+1;-1. The first-order chi connectivity index (χ1) is 11.3. The lowest BCUT2D eigenvalue weighted by atomic mass is 10.3. The number of halogens is 4. The number of hydrogen-bond acceptors (Lipinski definition) is 3. The monoisotopic (exact) mass is 353 g/mol. The van der Waals surface area contributed by atoms with Crippen LogP contribution in [-0.4, -0.2) is 65.8 Å². The third kappa shape index (κ3) is 5.38. The molecule has 0 aromatic rings. The largest absolute Gasteiger partial charge is 0.673 e. The summed E-state index contributed by atoms with van der Waals surface area (Å²) in [6.45, 7) is 3.79. The molecule has 11 heteroatoms. The van der Waals surface area contributed by atoms with Gasteiger partial charge in [0.2, 0.25) is 0 Å². The van der Waals surface area contributed by atoms with E-state index < -0.39 is 7.25 Å². The predicted octanol–water partition coefficient (Wildman–Crippen LogP) is 1.63. The van der Waals surface area contributed by atoms with Gasteiger partial charge in [0.15, 0.2) is 0 Å². The van der Waals surface area contributed by atoms with E-state index in [4.69, 9.17) is 4.84 Å². The fraction of sp³-hybridized carbons (Fsp3) is 0.769. The Hall–Kier alpha value is -1.81. The summed E-state index contributed by atoms with van der Waals surface area (Å²) >= 11 is 0. The fourth-order valence-electron chi connectivity index (χ4n) is 2.87. The molecule has 0 radical (unpaired) electrons. The molecule has 0 atom stereocenters. The van der Waals surface area contributed by atoms with Gasteiger partial charge in [-0.1, -0.05) is 5.06 Å². The molecule has 0 aliphatic carbocycles. The van der Waals surface area contributed by atoms with Gasteiger partial charge in [-0.05, 0) is 25.7 Å². The Morgan fingerprint density at radius 1 is 0.917 bits per heavy atom. The molecule has 3 rings (SSSR count). The molecular weight excluding hydrogens is 333 g/mol. The van der Waals surface area contributed by atoms with E-state index in [0.29, 0.717) is 6.02 Å². The predicted molar refractivity (Wildman–Crippen MR) is 77.4 cm³/mol. The van der Waals surface area contributed by atoms with Crippen molar-refractivity contribution in [3.8, 4) is 0 Å². The Morgan fingerprint density at radius 2 is 1.38 bits per heavy atom. The summed E-state index contributed by atoms with van der Waals surface area (Å²) in [5.41, 5.74) is 0. The van der Waals surface area contributed by atoms with Crippen LogP contribution >= 0.6 is 0 Å². The number of likely N-dealkylation sites (tertiary alicyclic amines) is 1. The Bertz CT molecular complexity index is 491. The molecule has 0 aromatic carbocycles. The molecule has 3 aliphatic rings. The number of amidine groups is 1. The van der Waals surface area contributed by atoms with Crippen LogP contribution in [0, 0.1) is 0 Å². The van der Waals surface area contributed by atoms with Crippen molar-refractivity contribution in [2.45, 2.75) is 38.5 Å². The van der Waals surface area contributed by atoms with Crippen LogP contribution in [0.15, 0.2) is 0 Å². The molecule has 2 amide bonds. The summed E-state index contributed by atoms with van der Waals surface area (Å²) in [5.74, 6) is -0.443. The van der Waals surface area contributed by atoms with Crippen LogP contribution in [0.1, 0.15) is 38.5 Å². The highest BCUT2D eigenvalue weighted by Crippen LogP contribution is 2.17. The number of carbonyl (C=O) groups excluding carboxylic acids is 2. The van der Waals surface area contributed by atoms with Crippen molar-refractivity contribution in [3.05, 3.63) is 0 Å². The molecule has 0 aromatic heterocycles. The third-order valence-corrected chi connectivity index (χ3v) is 3.93. The number of carbonyl (C=O) groups is 2. The molecule has 0 spiro atoms. The van der Waals surface area contributed by atoms with Crippen molar-refractivity contribution in [3.63, 3.8) is 0 Å². The minimum atomic E-state index is -6.00. The average molecular weight is 353 g/mol. The van der Waals surface area contributed by atoms with Crippen molar-refractivity contribution in [2.75, 3.05) is 26.2 Å². The van der Waals surface area contributed by atoms with Crippen LogP contribution in [0.4, 0.5) is 17.3 Å². The van der Waals surface area contributed by atoms with Gasteiger partial charge in [0.1, 0.15) is 0 Å². The van der Waals surface area contributed by atoms with Crippen LogP contribution in [0.3, 0.4) is 0 Å². The highest BCUT2D eigenvalue weighted by atomic mass is 19.5. The Kier molecular flexibility index (Phi) is 6.06. The first kappa shape index (κ1) is 18.5. The van der Waals surface area contributed by atoms with Gasteiger partial charge >= 0.3 is 13.3 Å². The molecule has 0 saturated carbocycles. The summed E-state index contributed by atoms with van der Waals surface area (Å²) in [4.78, 5) is 31.2. The zero-order valence-corrected chi connectivity index (χ0v) is 13.2. The summed E-state index contributed by atoms with van der Waals surface area (Å²) in [6.07, 6.45) is 5.11. The van der Waals surface area contributed by atoms with Gasteiger partial charge in [-0.3, -0.25) is 14.4 Å². The van der Waals surface area contributed by atoms with Crippen LogP contribution in [0.2, 0.25) is 0 Å². The molecule has 0 unspecified atom stereocenters. The smallest absolute Gasteiger partial charge is 0.418 e. The summed E-state index contributed by atoms with van der Waals surface area (Å²) < 4.78 is 41.2. The number of nitrogens with zero attached hydrogens (tertiary/aromatic N) is 3. The lowest BCUT2D eigenvalue weighted by molar-refractivity contribution is -0.524. The molecule has 3 aliphatic heterocycles. The maximum Gasteiger partial charge on any atom is 0.673 e. The first-order valence-corrected chi connectivity index (χ1v) is 8.03. The molecule has 24 heavy (non-hydrogen) atoms. The van der Waals surface area contributed by atoms with E-state index in [9.17, 15) is 26.9 Å². The zero-order chi connectivity index (χ0) is 17.7. The van der Waals surface area contributed by atoms with E-state index in [1.807, 2.05) is 0 Å². The van der Waals surface area contributed by atoms with Gasteiger partial charge in [-0.25, -0.2) is 9.48 Å². The van der Waals surface area contributed by atoms with Crippen molar-refractivity contribution >= 4 is 25.1 Å². The van der Waals surface area contributed by atoms with Crippen LogP contribution in [-0.2, 0) is 14.4 Å². The van der Waals surface area contributed by atoms with E-state index in [2.05, 4.69) is 9.48 Å². The second-order valence-corrected chi connectivity index (χ2v) is 5.84. The number of amides is 2. The van der Waals surface area contributed by atoms with E-state index >= 15 is 0 Å². The summed E-state index contributed by atoms with van der Waals surface area (Å²) in [6, 6.07) is 0.707. The van der Waals surface area contributed by atoms with Crippen molar-refractivity contribution in [1.29, 1.82) is 0 Å². The second kappa shape index (κ2) is 7.84. The highest BCUT2D eigenvalue weighted by Gasteiger charge is 2.38. The normalized spacial score (nSPS) is 21.2. The van der Waals surface area contributed by atoms with E-state index in [1.165, 1.54) is 0 Å². The molecule has 3 heterocycles. The number of imide groups is 1. The molecule has 0 N–H and O–H groups in total. The highest BCUT2D eigenvalue weighted by molar-refractivity contribution is 6.50. The Morgan fingerprint density at radius 3 is 1.83 bits per heavy atom. The van der Waals surface area contributed by atoms with E-state index in [0.717, 1.165) is 56.9 Å². The maximum absolute atomic E-state index is 11.7. The zero-order valence-electron chi connectivity index (χ0n) is 13.2. The second-order valence-electron chi connectivity index (χ2n) is 5.84. The number of hydrogen-bond donors (Lipinski definition) is 0. The lowest BCUT2D eigenvalue weighted by Gasteiger charge is -2.19. The van der Waals surface area contributed by atoms with Gasteiger partial charge in [0.05, 0.1) is 26.2 Å². The minimum absolute atomic E-state index is 0.221. The molecule has 3 saturated heterocycles. The molecular formula is C13H20BF4N3O3. The topological polar surface area (TPSA) is 52.9 Å². The van der Waals surface area contributed by atoms with Gasteiger partial charge in [0.25, 0.3) is 11.8 Å². The molecule has 3 fully saturated rings. The van der Waals surface area contributed by atoms with E-state index in [-0.39, 0.29) is 24.7 Å². The first-order valence-electron chi connectivity index (χ1n) is 8.03. The SMILES string of the molecule is F[B-](F)(F)F.O=C1CCC(=O)N1OC(N1CCCC1)=[N+]1CCCC1. The minimum Gasteiger partial charge on any atom is -0.418 e. The van der Waals surface area contributed by atoms with Crippen LogP contribution in [0.5, 0.6) is 0 Å². The molecule has 0 bridgehead atoms. The van der Waals surface area contributed by atoms with Gasteiger partial charge < -0.3 is 17.3 Å². The molecule has 6 nitrogen and oxygen atoms in total. The molecule has 136 valence electrons. The van der Waals surface area contributed by atoms with E-state index in [1.54, 1.807) is 0 Å². The summed E-state index contributed by atoms with van der Waals surface area (Å²) in [5, 5.41) is 0.964.